The van der Waals surface area contributed by atoms with E-state index in [4.69, 9.17) is 4.74 Å². The zero-order valence-electron chi connectivity index (χ0n) is 17.5. The van der Waals surface area contributed by atoms with Crippen LogP contribution in [0, 0.1) is 6.92 Å². The van der Waals surface area contributed by atoms with Gasteiger partial charge in [0.2, 0.25) is 0 Å². The Kier molecular flexibility index (Phi) is 7.66. The van der Waals surface area contributed by atoms with Gasteiger partial charge in [-0.1, -0.05) is 51.8 Å². The second-order valence-corrected chi connectivity index (χ2v) is 9.62. The molecule has 0 fully saturated rings. The molecule has 1 N–H and O–H groups in total. The van der Waals surface area contributed by atoms with Crippen molar-refractivity contribution in [2.75, 3.05) is 18.0 Å². The molecule has 0 aromatic heterocycles. The summed E-state index contributed by atoms with van der Waals surface area (Å²) in [5.74, 6) is -0.00573. The third kappa shape index (κ3) is 5.74. The number of nitrogens with zero attached hydrogens (tertiary/aromatic N) is 2. The number of rotatable bonds is 8. The lowest BCUT2D eigenvalue weighted by Crippen LogP contribution is -2.39. The van der Waals surface area contributed by atoms with Crippen molar-refractivity contribution in [3.63, 3.8) is 0 Å². The fraction of sp³-hybridized carbons (Fsp3) is 0.130. The van der Waals surface area contributed by atoms with Crippen molar-refractivity contribution in [1.82, 2.24) is 5.43 Å². The molecule has 0 aliphatic heterocycles. The average Bonchev–Trinajstić information content (AvgIpc) is 2.78. The number of para-hydroxylation sites is 1. The van der Waals surface area contributed by atoms with Gasteiger partial charge in [-0.25, -0.2) is 13.8 Å². The SMILES string of the molecule is COc1ccc(Br)cc1/C=N\NC(=O)CN(c1ccccc1)S(=O)(=O)c1ccc(C)cc1. The minimum absolute atomic E-state index is 0.0992. The molecule has 3 aromatic carbocycles. The molecule has 7 nitrogen and oxygen atoms in total. The number of amides is 1. The van der Waals surface area contributed by atoms with E-state index in [-0.39, 0.29) is 4.90 Å². The Balaban J connectivity index is 1.82. The van der Waals surface area contributed by atoms with Crippen LogP contribution in [-0.2, 0) is 14.8 Å². The number of sulfonamides is 1. The fourth-order valence-corrected chi connectivity index (χ4v) is 4.69. The normalized spacial score (nSPS) is 11.3. The van der Waals surface area contributed by atoms with E-state index in [1.165, 1.54) is 25.5 Å². The summed E-state index contributed by atoms with van der Waals surface area (Å²) in [6.45, 7) is 1.43. The van der Waals surface area contributed by atoms with E-state index in [2.05, 4.69) is 26.5 Å². The molecule has 0 bridgehead atoms. The molecule has 3 rings (SSSR count). The highest BCUT2D eigenvalue weighted by atomic mass is 79.9. The van der Waals surface area contributed by atoms with Crippen LogP contribution in [0.5, 0.6) is 5.75 Å². The summed E-state index contributed by atoms with van der Waals surface area (Å²) in [6.07, 6.45) is 1.43. The molecule has 0 heterocycles. The summed E-state index contributed by atoms with van der Waals surface area (Å²) in [4.78, 5) is 12.7. The van der Waals surface area contributed by atoms with Gasteiger partial charge in [-0.2, -0.15) is 5.10 Å². The number of hydrogen-bond donors (Lipinski definition) is 1. The first-order chi connectivity index (χ1) is 15.3. The molecule has 0 spiro atoms. The van der Waals surface area contributed by atoms with Crippen molar-refractivity contribution in [1.29, 1.82) is 0 Å². The van der Waals surface area contributed by atoms with Gasteiger partial charge in [-0.05, 0) is 49.4 Å². The molecule has 0 atom stereocenters. The van der Waals surface area contributed by atoms with E-state index < -0.39 is 22.5 Å². The molecule has 0 aliphatic rings. The van der Waals surface area contributed by atoms with E-state index in [1.54, 1.807) is 54.6 Å². The van der Waals surface area contributed by atoms with Crippen LogP contribution in [0.1, 0.15) is 11.1 Å². The van der Waals surface area contributed by atoms with E-state index >= 15 is 0 Å². The number of aryl methyl sites for hydroxylation is 1. The predicted molar refractivity (Wildman–Crippen MR) is 129 cm³/mol. The molecule has 0 saturated carbocycles. The summed E-state index contributed by atoms with van der Waals surface area (Å²) in [7, 11) is -2.43. The number of anilines is 1. The van der Waals surface area contributed by atoms with Crippen molar-refractivity contribution in [2.24, 2.45) is 5.10 Å². The van der Waals surface area contributed by atoms with Crippen LogP contribution >= 0.6 is 15.9 Å². The van der Waals surface area contributed by atoms with Gasteiger partial charge in [0.05, 0.1) is 23.9 Å². The lowest BCUT2D eigenvalue weighted by atomic mass is 10.2. The smallest absolute Gasteiger partial charge is 0.264 e. The Hall–Kier alpha value is -3.17. The number of hydrogen-bond acceptors (Lipinski definition) is 5. The fourth-order valence-electron chi connectivity index (χ4n) is 2.89. The highest BCUT2D eigenvalue weighted by molar-refractivity contribution is 9.10. The maximum absolute atomic E-state index is 13.3. The molecule has 0 saturated heterocycles. The van der Waals surface area contributed by atoms with Gasteiger partial charge in [-0.3, -0.25) is 9.10 Å². The number of halogens is 1. The second kappa shape index (κ2) is 10.4. The van der Waals surface area contributed by atoms with Crippen molar-refractivity contribution >= 4 is 43.8 Å². The van der Waals surface area contributed by atoms with Crippen molar-refractivity contribution in [3.8, 4) is 5.75 Å². The minimum atomic E-state index is -3.97. The number of carbonyl (C=O) groups excluding carboxylic acids is 1. The van der Waals surface area contributed by atoms with E-state index in [0.29, 0.717) is 17.0 Å². The van der Waals surface area contributed by atoms with Crippen LogP contribution < -0.4 is 14.5 Å². The van der Waals surface area contributed by atoms with Gasteiger partial charge < -0.3 is 4.74 Å². The van der Waals surface area contributed by atoms with Gasteiger partial charge in [0.25, 0.3) is 15.9 Å². The summed E-state index contributed by atoms with van der Waals surface area (Å²) in [5, 5.41) is 3.96. The second-order valence-electron chi connectivity index (χ2n) is 6.84. The number of methoxy groups -OCH3 is 1. The summed E-state index contributed by atoms with van der Waals surface area (Å²) >= 11 is 3.38. The van der Waals surface area contributed by atoms with Gasteiger partial charge >= 0.3 is 0 Å². The van der Waals surface area contributed by atoms with Crippen molar-refractivity contribution in [2.45, 2.75) is 11.8 Å². The Morgan fingerprint density at radius 3 is 2.44 bits per heavy atom. The van der Waals surface area contributed by atoms with Crippen molar-refractivity contribution in [3.05, 3.63) is 88.4 Å². The molecule has 9 heteroatoms. The molecule has 0 aliphatic carbocycles. The largest absolute Gasteiger partial charge is 0.496 e. The standard InChI is InChI=1S/C23H22BrN3O4S/c1-17-8-11-21(12-9-17)32(29,30)27(20-6-4-3-5-7-20)16-23(28)26-25-15-18-14-19(24)10-13-22(18)31-2/h3-15H,16H2,1-2H3,(H,26,28)/b25-15-. The van der Waals surface area contributed by atoms with Gasteiger partial charge in [-0.15, -0.1) is 0 Å². The molecule has 3 aromatic rings. The number of hydrazone groups is 1. The zero-order valence-corrected chi connectivity index (χ0v) is 19.9. The Morgan fingerprint density at radius 1 is 1.09 bits per heavy atom. The Labute approximate surface area is 195 Å². The van der Waals surface area contributed by atoms with Crippen LogP contribution in [-0.4, -0.2) is 34.2 Å². The maximum Gasteiger partial charge on any atom is 0.264 e. The molecular weight excluding hydrogens is 494 g/mol. The molecule has 166 valence electrons. The number of carbonyl (C=O) groups is 1. The minimum Gasteiger partial charge on any atom is -0.496 e. The highest BCUT2D eigenvalue weighted by Crippen LogP contribution is 2.24. The summed E-state index contributed by atoms with van der Waals surface area (Å²) in [5.41, 5.74) is 4.35. The summed E-state index contributed by atoms with van der Waals surface area (Å²) in [6, 6.07) is 20.3. The number of ether oxygens (including phenoxy) is 1. The van der Waals surface area contributed by atoms with Crippen LogP contribution in [0.2, 0.25) is 0 Å². The van der Waals surface area contributed by atoms with Crippen molar-refractivity contribution < 1.29 is 17.9 Å². The highest BCUT2D eigenvalue weighted by Gasteiger charge is 2.27. The molecule has 1 amide bonds. The summed E-state index contributed by atoms with van der Waals surface area (Å²) < 4.78 is 33.7. The molecule has 32 heavy (non-hydrogen) atoms. The first-order valence-electron chi connectivity index (χ1n) is 9.61. The zero-order chi connectivity index (χ0) is 23.1. The van der Waals surface area contributed by atoms with Crippen LogP contribution in [0.4, 0.5) is 5.69 Å². The lowest BCUT2D eigenvalue weighted by Gasteiger charge is -2.23. The topological polar surface area (TPSA) is 88.1 Å². The molecule has 0 radical (unpaired) electrons. The Morgan fingerprint density at radius 2 is 1.78 bits per heavy atom. The van der Waals surface area contributed by atoms with E-state index in [0.717, 1.165) is 14.3 Å². The van der Waals surface area contributed by atoms with E-state index in [1.807, 2.05) is 13.0 Å². The number of nitrogens with one attached hydrogen (secondary N) is 1. The maximum atomic E-state index is 13.3. The first-order valence-corrected chi connectivity index (χ1v) is 11.8. The first kappa shape index (κ1) is 23.5. The van der Waals surface area contributed by atoms with Gasteiger partial charge in [0, 0.05) is 10.0 Å². The number of benzene rings is 3. The molecular formula is C23H22BrN3O4S. The van der Waals surface area contributed by atoms with Crippen LogP contribution in [0.3, 0.4) is 0 Å². The predicted octanol–water partition coefficient (Wildman–Crippen LogP) is 4.11. The van der Waals surface area contributed by atoms with Crippen LogP contribution in [0.15, 0.2) is 87.3 Å². The monoisotopic (exact) mass is 515 g/mol. The molecule has 0 unspecified atom stereocenters. The lowest BCUT2D eigenvalue weighted by molar-refractivity contribution is -0.119. The average molecular weight is 516 g/mol. The third-order valence-electron chi connectivity index (χ3n) is 4.53. The van der Waals surface area contributed by atoms with Gasteiger partial charge in [0.1, 0.15) is 12.3 Å². The quantitative estimate of drug-likeness (QED) is 0.361. The van der Waals surface area contributed by atoms with E-state index in [9.17, 15) is 13.2 Å². The van der Waals surface area contributed by atoms with Gasteiger partial charge in [0.15, 0.2) is 0 Å². The van der Waals surface area contributed by atoms with Crippen LogP contribution in [0.25, 0.3) is 0 Å². The third-order valence-corrected chi connectivity index (χ3v) is 6.81. The Bertz CT molecular complexity index is 1210.